The molecule has 0 amide bonds. The lowest BCUT2D eigenvalue weighted by atomic mass is 10.1. The van der Waals surface area contributed by atoms with Crippen LogP contribution in [0.25, 0.3) is 17.2 Å². The summed E-state index contributed by atoms with van der Waals surface area (Å²) < 4.78 is 17.6. The van der Waals surface area contributed by atoms with Gasteiger partial charge < -0.3 is 0 Å². The molecule has 3 rings (SSSR count). The highest BCUT2D eigenvalue weighted by Crippen LogP contribution is 2.25. The molecule has 0 saturated carbocycles. The van der Waals surface area contributed by atoms with Gasteiger partial charge in [0, 0.05) is 6.20 Å². The van der Waals surface area contributed by atoms with Crippen LogP contribution in [-0.2, 0) is 5.54 Å². The van der Waals surface area contributed by atoms with E-state index in [9.17, 15) is 4.39 Å². The van der Waals surface area contributed by atoms with Crippen molar-refractivity contribution >= 4 is 5.65 Å². The lowest BCUT2D eigenvalue weighted by molar-refractivity contribution is 0.358. The molecule has 104 valence electrons. The largest absolute Gasteiger partial charge is 0.276 e. The zero-order valence-corrected chi connectivity index (χ0v) is 11.9. The molecule has 0 spiro atoms. The summed E-state index contributed by atoms with van der Waals surface area (Å²) in [7, 11) is 0. The molecular formula is C14H16FN5. The van der Waals surface area contributed by atoms with Gasteiger partial charge in [0.15, 0.2) is 11.5 Å². The molecule has 0 unspecified atom stereocenters. The Kier molecular flexibility index (Phi) is 2.64. The number of imidazole rings is 1. The first-order valence-electron chi connectivity index (χ1n) is 6.43. The van der Waals surface area contributed by atoms with E-state index in [2.05, 4.69) is 15.1 Å². The van der Waals surface area contributed by atoms with Crippen LogP contribution in [0.5, 0.6) is 0 Å². The molecule has 3 heterocycles. The number of nitrogens with zero attached hydrogens (tertiary/aromatic N) is 5. The quantitative estimate of drug-likeness (QED) is 0.685. The molecule has 0 N–H and O–H groups in total. The second kappa shape index (κ2) is 4.13. The molecule has 5 nitrogen and oxygen atoms in total. The molecule has 0 fully saturated rings. The number of pyridine rings is 1. The molecule has 0 aliphatic carbocycles. The van der Waals surface area contributed by atoms with Gasteiger partial charge in [0.2, 0.25) is 5.95 Å². The van der Waals surface area contributed by atoms with Crippen LogP contribution < -0.4 is 0 Å². The lowest BCUT2D eigenvalue weighted by Crippen LogP contribution is -2.24. The Morgan fingerprint density at radius 2 is 2.00 bits per heavy atom. The number of rotatable bonds is 1. The van der Waals surface area contributed by atoms with Gasteiger partial charge in [-0.05, 0) is 45.4 Å². The number of hydrogen-bond acceptors (Lipinski definition) is 3. The van der Waals surface area contributed by atoms with Gasteiger partial charge in [0.05, 0.1) is 5.54 Å². The fraction of sp³-hybridized carbons (Fsp3) is 0.357. The van der Waals surface area contributed by atoms with E-state index in [4.69, 9.17) is 0 Å². The van der Waals surface area contributed by atoms with Gasteiger partial charge in [-0.25, -0.2) is 14.6 Å². The van der Waals surface area contributed by atoms with E-state index in [0.29, 0.717) is 11.5 Å². The lowest BCUT2D eigenvalue weighted by Gasteiger charge is -2.20. The zero-order valence-electron chi connectivity index (χ0n) is 11.9. The van der Waals surface area contributed by atoms with E-state index >= 15 is 0 Å². The average molecular weight is 273 g/mol. The minimum atomic E-state index is -0.418. The minimum absolute atomic E-state index is 0.225. The monoisotopic (exact) mass is 273 g/mol. The standard InChI is InChI=1S/C14H16FN5/c1-9-5-6-19-10(7-9)18-11(12(19)15)13-16-8-17-20(13)14(2,3)4/h5-8H,1-4H3. The van der Waals surface area contributed by atoms with E-state index in [1.165, 1.54) is 10.7 Å². The molecule has 20 heavy (non-hydrogen) atoms. The molecule has 3 aromatic rings. The van der Waals surface area contributed by atoms with Crippen LogP contribution in [0.2, 0.25) is 0 Å². The maximum Gasteiger partial charge on any atom is 0.229 e. The minimum Gasteiger partial charge on any atom is -0.276 e. The van der Waals surface area contributed by atoms with Crippen molar-refractivity contribution in [3.05, 3.63) is 36.2 Å². The highest BCUT2D eigenvalue weighted by Gasteiger charge is 2.24. The topological polar surface area (TPSA) is 48.0 Å². The third kappa shape index (κ3) is 1.88. The zero-order chi connectivity index (χ0) is 14.5. The molecular weight excluding hydrogens is 257 g/mol. The van der Waals surface area contributed by atoms with Crippen molar-refractivity contribution in [1.29, 1.82) is 0 Å². The molecule has 0 saturated heterocycles. The van der Waals surface area contributed by atoms with Crippen molar-refractivity contribution in [2.75, 3.05) is 0 Å². The summed E-state index contributed by atoms with van der Waals surface area (Å²) in [5.41, 5.74) is 1.54. The Morgan fingerprint density at radius 1 is 1.25 bits per heavy atom. The maximum absolute atomic E-state index is 14.5. The molecule has 0 aliphatic rings. The Bertz CT molecular complexity index is 779. The van der Waals surface area contributed by atoms with Crippen molar-refractivity contribution in [2.45, 2.75) is 33.2 Å². The molecule has 6 heteroatoms. The number of hydrogen-bond donors (Lipinski definition) is 0. The third-order valence-electron chi connectivity index (χ3n) is 3.12. The van der Waals surface area contributed by atoms with Crippen LogP contribution in [0.1, 0.15) is 26.3 Å². The van der Waals surface area contributed by atoms with Crippen LogP contribution in [0, 0.1) is 12.9 Å². The summed E-state index contributed by atoms with van der Waals surface area (Å²) in [4.78, 5) is 8.52. The number of aromatic nitrogens is 5. The molecule has 3 aromatic heterocycles. The Labute approximate surface area is 116 Å². The van der Waals surface area contributed by atoms with Crippen LogP contribution in [0.15, 0.2) is 24.7 Å². The Balaban J connectivity index is 2.26. The number of halogens is 1. The van der Waals surface area contributed by atoms with E-state index in [1.807, 2.05) is 39.8 Å². The average Bonchev–Trinajstić information content (AvgIpc) is 2.93. The Morgan fingerprint density at radius 3 is 2.70 bits per heavy atom. The summed E-state index contributed by atoms with van der Waals surface area (Å²) in [6, 6.07) is 3.68. The first-order chi connectivity index (χ1) is 9.38. The van der Waals surface area contributed by atoms with E-state index in [1.54, 1.807) is 10.9 Å². The summed E-state index contributed by atoms with van der Waals surface area (Å²) >= 11 is 0. The van der Waals surface area contributed by atoms with Crippen molar-refractivity contribution in [2.24, 2.45) is 0 Å². The van der Waals surface area contributed by atoms with Gasteiger partial charge in [-0.3, -0.25) is 4.40 Å². The highest BCUT2D eigenvalue weighted by molar-refractivity contribution is 5.57. The van der Waals surface area contributed by atoms with Gasteiger partial charge in [0.1, 0.15) is 12.0 Å². The second-order valence-corrected chi connectivity index (χ2v) is 5.85. The van der Waals surface area contributed by atoms with Gasteiger partial charge in [-0.1, -0.05) is 0 Å². The number of aryl methyl sites for hydroxylation is 1. The van der Waals surface area contributed by atoms with Crippen molar-refractivity contribution in [3.63, 3.8) is 0 Å². The summed E-state index contributed by atoms with van der Waals surface area (Å²) in [5.74, 6) is 0.0230. The summed E-state index contributed by atoms with van der Waals surface area (Å²) in [6.45, 7) is 7.92. The van der Waals surface area contributed by atoms with E-state index in [0.717, 1.165) is 5.56 Å². The Hall–Kier alpha value is -2.24. The van der Waals surface area contributed by atoms with Crippen molar-refractivity contribution in [3.8, 4) is 11.5 Å². The van der Waals surface area contributed by atoms with E-state index in [-0.39, 0.29) is 11.2 Å². The van der Waals surface area contributed by atoms with Crippen LogP contribution >= 0.6 is 0 Å². The van der Waals surface area contributed by atoms with Gasteiger partial charge in [-0.2, -0.15) is 9.49 Å². The molecule has 0 bridgehead atoms. The fourth-order valence-electron chi connectivity index (χ4n) is 2.15. The molecule has 0 aromatic carbocycles. The second-order valence-electron chi connectivity index (χ2n) is 5.85. The summed E-state index contributed by atoms with van der Waals surface area (Å²) in [5, 5.41) is 4.18. The number of fused-ring (bicyclic) bond motifs is 1. The molecule has 0 radical (unpaired) electrons. The van der Waals surface area contributed by atoms with Crippen molar-refractivity contribution in [1.82, 2.24) is 24.1 Å². The van der Waals surface area contributed by atoms with Gasteiger partial charge in [-0.15, -0.1) is 0 Å². The molecule has 0 atom stereocenters. The smallest absolute Gasteiger partial charge is 0.229 e. The SMILES string of the molecule is Cc1ccn2c(F)c(-c3ncnn3C(C)(C)C)nc2c1. The molecule has 0 aliphatic heterocycles. The van der Waals surface area contributed by atoms with Gasteiger partial charge in [0.25, 0.3) is 0 Å². The fourth-order valence-corrected chi connectivity index (χ4v) is 2.15. The van der Waals surface area contributed by atoms with Gasteiger partial charge >= 0.3 is 0 Å². The maximum atomic E-state index is 14.5. The van der Waals surface area contributed by atoms with Crippen LogP contribution in [0.4, 0.5) is 4.39 Å². The third-order valence-corrected chi connectivity index (χ3v) is 3.12. The normalized spacial score (nSPS) is 12.2. The highest BCUT2D eigenvalue weighted by atomic mass is 19.1. The van der Waals surface area contributed by atoms with Crippen LogP contribution in [-0.4, -0.2) is 24.1 Å². The van der Waals surface area contributed by atoms with Crippen LogP contribution in [0.3, 0.4) is 0 Å². The summed E-state index contributed by atoms with van der Waals surface area (Å²) in [6.07, 6.45) is 3.10. The predicted octanol–water partition coefficient (Wildman–Crippen LogP) is 2.80. The first kappa shape index (κ1) is 12.8. The van der Waals surface area contributed by atoms with Crippen molar-refractivity contribution < 1.29 is 4.39 Å². The predicted molar refractivity (Wildman–Crippen MR) is 73.9 cm³/mol. The van der Waals surface area contributed by atoms with E-state index < -0.39 is 5.95 Å². The first-order valence-corrected chi connectivity index (χ1v) is 6.43.